The standard InChI is InChI=1S/C48H33NO2/c1-47(2)37-18-10-9-17-35(37)36-28-42-44(29-41(36)47)49(34-26-32(30-13-5-3-6-14-30)25-33(27-34)31-15-7-4-8-16-31)43-20-12-11-19-38(43)48(42)39-21-23-50-45(39)46-40(48)22-24-51-46/h3-29H,1-2H3. The third-order valence-corrected chi connectivity index (χ3v) is 11.6. The molecule has 0 bridgehead atoms. The summed E-state index contributed by atoms with van der Waals surface area (Å²) in [6.07, 6.45) is 3.63. The van der Waals surface area contributed by atoms with Crippen LogP contribution < -0.4 is 4.90 Å². The zero-order valence-corrected chi connectivity index (χ0v) is 28.4. The van der Waals surface area contributed by atoms with Gasteiger partial charge in [-0.2, -0.15) is 0 Å². The number of rotatable bonds is 3. The summed E-state index contributed by atoms with van der Waals surface area (Å²) >= 11 is 0. The average molecular weight is 656 g/mol. The molecule has 3 aliphatic rings. The topological polar surface area (TPSA) is 29.5 Å². The van der Waals surface area contributed by atoms with E-state index in [-0.39, 0.29) is 5.41 Å². The Morgan fingerprint density at radius 1 is 0.412 bits per heavy atom. The molecule has 3 heterocycles. The molecule has 8 aromatic rings. The molecule has 2 aliphatic carbocycles. The van der Waals surface area contributed by atoms with Gasteiger partial charge in [0.05, 0.1) is 29.3 Å². The summed E-state index contributed by atoms with van der Waals surface area (Å²) in [5.74, 6) is 1.62. The van der Waals surface area contributed by atoms with Gasteiger partial charge < -0.3 is 13.7 Å². The molecule has 0 saturated heterocycles. The van der Waals surface area contributed by atoms with Crippen molar-refractivity contribution in [1.82, 2.24) is 0 Å². The highest BCUT2D eigenvalue weighted by Gasteiger charge is 2.55. The first-order valence-corrected chi connectivity index (χ1v) is 17.7. The minimum Gasteiger partial charge on any atom is -0.461 e. The van der Waals surface area contributed by atoms with Crippen LogP contribution in [0.25, 0.3) is 44.9 Å². The van der Waals surface area contributed by atoms with E-state index in [9.17, 15) is 0 Å². The van der Waals surface area contributed by atoms with Gasteiger partial charge in [-0.25, -0.2) is 0 Å². The predicted octanol–water partition coefficient (Wildman–Crippen LogP) is 12.7. The largest absolute Gasteiger partial charge is 0.461 e. The van der Waals surface area contributed by atoms with Crippen molar-refractivity contribution < 1.29 is 8.83 Å². The predicted molar refractivity (Wildman–Crippen MR) is 205 cm³/mol. The fraction of sp³-hybridized carbons (Fsp3) is 0.0833. The number of fused-ring (bicyclic) bond motifs is 12. The van der Waals surface area contributed by atoms with Crippen molar-refractivity contribution >= 4 is 17.1 Å². The molecule has 3 heteroatoms. The van der Waals surface area contributed by atoms with Crippen LogP contribution in [0, 0.1) is 0 Å². The van der Waals surface area contributed by atoms with Crippen LogP contribution >= 0.6 is 0 Å². The maximum absolute atomic E-state index is 6.23. The van der Waals surface area contributed by atoms with Gasteiger partial charge in [-0.1, -0.05) is 117 Å². The number of para-hydroxylation sites is 1. The summed E-state index contributed by atoms with van der Waals surface area (Å²) < 4.78 is 12.5. The lowest BCUT2D eigenvalue weighted by atomic mass is 9.64. The second kappa shape index (κ2) is 10.1. The van der Waals surface area contributed by atoms with E-state index in [0.29, 0.717) is 0 Å². The Labute approximate surface area is 297 Å². The maximum Gasteiger partial charge on any atom is 0.174 e. The van der Waals surface area contributed by atoms with Gasteiger partial charge in [0.15, 0.2) is 11.5 Å². The third-order valence-electron chi connectivity index (χ3n) is 11.6. The Morgan fingerprint density at radius 2 is 0.980 bits per heavy atom. The normalized spacial score (nSPS) is 15.1. The molecule has 0 atom stereocenters. The van der Waals surface area contributed by atoms with Gasteiger partial charge in [-0.05, 0) is 104 Å². The van der Waals surface area contributed by atoms with Crippen molar-refractivity contribution in [1.29, 1.82) is 0 Å². The van der Waals surface area contributed by atoms with E-state index < -0.39 is 5.41 Å². The first-order chi connectivity index (χ1) is 25.0. The maximum atomic E-state index is 6.23. The molecular weight excluding hydrogens is 623 g/mol. The smallest absolute Gasteiger partial charge is 0.174 e. The van der Waals surface area contributed by atoms with Crippen LogP contribution in [0.1, 0.15) is 47.2 Å². The molecule has 0 amide bonds. The lowest BCUT2D eigenvalue weighted by molar-refractivity contribution is 0.525. The van der Waals surface area contributed by atoms with Crippen molar-refractivity contribution in [3.05, 3.63) is 198 Å². The second-order valence-electron chi connectivity index (χ2n) is 14.5. The molecule has 2 aromatic heterocycles. The van der Waals surface area contributed by atoms with Crippen molar-refractivity contribution in [2.24, 2.45) is 0 Å². The van der Waals surface area contributed by atoms with Crippen LogP contribution in [0.2, 0.25) is 0 Å². The molecule has 1 aliphatic heterocycles. The molecule has 0 radical (unpaired) electrons. The highest BCUT2D eigenvalue weighted by molar-refractivity contribution is 5.98. The highest BCUT2D eigenvalue weighted by atomic mass is 16.4. The minimum atomic E-state index is -0.622. The van der Waals surface area contributed by atoms with E-state index in [4.69, 9.17) is 8.83 Å². The van der Waals surface area contributed by atoms with E-state index in [2.05, 4.69) is 170 Å². The molecule has 1 spiro atoms. The molecule has 3 nitrogen and oxygen atoms in total. The number of hydrogen-bond donors (Lipinski definition) is 0. The zero-order chi connectivity index (χ0) is 33.9. The van der Waals surface area contributed by atoms with Crippen LogP contribution in [0.3, 0.4) is 0 Å². The van der Waals surface area contributed by atoms with E-state index in [1.807, 2.05) is 12.5 Å². The summed E-state index contributed by atoms with van der Waals surface area (Å²) in [5, 5.41) is 0. The zero-order valence-electron chi connectivity index (χ0n) is 28.4. The van der Waals surface area contributed by atoms with Gasteiger partial charge >= 0.3 is 0 Å². The number of furan rings is 2. The SMILES string of the molecule is CC1(C)c2ccccc2-c2cc3c(cc21)N(c1cc(-c2ccccc2)cc(-c2ccccc2)c1)c1ccccc1C31c2ccoc2-c2occc21. The van der Waals surface area contributed by atoms with Crippen molar-refractivity contribution in [2.45, 2.75) is 24.7 Å². The Kier molecular flexibility index (Phi) is 5.66. The summed E-state index contributed by atoms with van der Waals surface area (Å²) in [6.45, 7) is 4.73. The quantitative estimate of drug-likeness (QED) is 0.190. The molecular formula is C48H33NO2. The van der Waals surface area contributed by atoms with Gasteiger partial charge in [-0.3, -0.25) is 0 Å². The van der Waals surface area contributed by atoms with Gasteiger partial charge in [0, 0.05) is 22.2 Å². The molecule has 0 unspecified atom stereocenters. The van der Waals surface area contributed by atoms with Gasteiger partial charge in [0.2, 0.25) is 0 Å². The van der Waals surface area contributed by atoms with Crippen LogP contribution in [-0.2, 0) is 10.8 Å². The fourth-order valence-corrected chi connectivity index (χ4v) is 9.38. The molecule has 242 valence electrons. The second-order valence-corrected chi connectivity index (χ2v) is 14.5. The lowest BCUT2D eigenvalue weighted by Gasteiger charge is -2.44. The molecule has 11 rings (SSSR count). The van der Waals surface area contributed by atoms with Gasteiger partial charge in [0.25, 0.3) is 0 Å². The Morgan fingerprint density at radius 3 is 1.63 bits per heavy atom. The molecule has 6 aromatic carbocycles. The van der Waals surface area contributed by atoms with E-state index in [0.717, 1.165) is 34.0 Å². The van der Waals surface area contributed by atoms with Crippen molar-refractivity contribution in [3.63, 3.8) is 0 Å². The van der Waals surface area contributed by atoms with Crippen molar-refractivity contribution in [3.8, 4) is 44.9 Å². The molecule has 51 heavy (non-hydrogen) atoms. The summed E-state index contributed by atoms with van der Waals surface area (Å²) in [4.78, 5) is 2.51. The van der Waals surface area contributed by atoms with Crippen LogP contribution in [-0.4, -0.2) is 0 Å². The molecule has 0 fully saturated rings. The lowest BCUT2D eigenvalue weighted by Crippen LogP contribution is -2.36. The van der Waals surface area contributed by atoms with Gasteiger partial charge in [-0.15, -0.1) is 0 Å². The third kappa shape index (κ3) is 3.68. The minimum absolute atomic E-state index is 0.172. The molecule has 0 N–H and O–H groups in total. The number of nitrogens with zero attached hydrogens (tertiary/aromatic N) is 1. The first-order valence-electron chi connectivity index (χ1n) is 17.7. The average Bonchev–Trinajstić information content (AvgIpc) is 3.95. The number of anilines is 3. The van der Waals surface area contributed by atoms with Crippen LogP contribution in [0.4, 0.5) is 17.1 Å². The fourth-order valence-electron chi connectivity index (χ4n) is 9.38. The Balaban J connectivity index is 1.27. The van der Waals surface area contributed by atoms with E-state index >= 15 is 0 Å². The summed E-state index contributed by atoms with van der Waals surface area (Å²) in [7, 11) is 0. The summed E-state index contributed by atoms with van der Waals surface area (Å²) in [5.41, 5.74) is 17.3. The van der Waals surface area contributed by atoms with Crippen molar-refractivity contribution in [2.75, 3.05) is 4.90 Å². The van der Waals surface area contributed by atoms with Crippen LogP contribution in [0.15, 0.2) is 173 Å². The Bertz CT molecular complexity index is 2580. The molecule has 0 saturated carbocycles. The van der Waals surface area contributed by atoms with Gasteiger partial charge in [0.1, 0.15) is 0 Å². The number of hydrogen-bond acceptors (Lipinski definition) is 3. The number of benzene rings is 6. The summed E-state index contributed by atoms with van der Waals surface area (Å²) in [6, 6.07) is 55.6. The monoisotopic (exact) mass is 655 g/mol. The first kappa shape index (κ1) is 28.5. The highest BCUT2D eigenvalue weighted by Crippen LogP contribution is 2.66. The Hall–Kier alpha value is -6.32. The van der Waals surface area contributed by atoms with E-state index in [1.165, 1.54) is 61.3 Å². The van der Waals surface area contributed by atoms with E-state index in [1.54, 1.807) is 0 Å². The van der Waals surface area contributed by atoms with Crippen LogP contribution in [0.5, 0.6) is 0 Å².